The second kappa shape index (κ2) is 69.6. The van der Waals surface area contributed by atoms with Crippen molar-refractivity contribution in [1.82, 2.24) is 0 Å². The van der Waals surface area contributed by atoms with Crippen molar-refractivity contribution in [2.75, 3.05) is 39.6 Å². The van der Waals surface area contributed by atoms with E-state index in [9.17, 15) is 43.2 Å². The predicted molar refractivity (Wildman–Crippen MR) is 391 cm³/mol. The van der Waals surface area contributed by atoms with Crippen molar-refractivity contribution in [3.63, 3.8) is 0 Å². The Bertz CT molecular complexity index is 1940. The lowest BCUT2D eigenvalue weighted by Crippen LogP contribution is -2.30. The van der Waals surface area contributed by atoms with Gasteiger partial charge in [-0.15, -0.1) is 0 Å². The van der Waals surface area contributed by atoms with Crippen molar-refractivity contribution in [2.24, 2.45) is 5.92 Å². The van der Waals surface area contributed by atoms with Gasteiger partial charge in [-0.2, -0.15) is 0 Å². The Morgan fingerprint density at radius 2 is 0.583 bits per heavy atom. The first-order chi connectivity index (χ1) is 46.6. The molecule has 566 valence electrons. The minimum Gasteiger partial charge on any atom is -0.462 e. The van der Waals surface area contributed by atoms with Gasteiger partial charge in [0.05, 0.1) is 26.4 Å². The standard InChI is InChI=1S/C77H146O17P2/c1-6-10-13-16-19-21-23-25-27-28-29-30-31-33-35-37-42-47-52-57-62-76(81)94-73(67-88-75(80)61-56-51-46-41-36-34-32-26-24-22-20-17-14-11-7-2)69-92-96(85,86)90-65-71(78)64-89-95(83,84)91-68-72(66-87-74(79)60-55-50-44-18-15-12-8-3)93-77(82)63-58-53-48-43-39-38-40-45-49-54-59-70(5)9-4/h22,24,26,32,70-73,78H,6-21,23,25,27-31,33-69H2,1-5H3,(H,83,84)(H,85,86)/b24-22-,32-26-/t70?,71-,72+,73+/m0/s1. The number of esters is 4. The van der Waals surface area contributed by atoms with Crippen LogP contribution in [0.1, 0.15) is 381 Å². The summed E-state index contributed by atoms with van der Waals surface area (Å²) in [6, 6.07) is 0. The number of ether oxygens (including phenoxy) is 4. The Kier molecular flexibility index (Phi) is 67.8. The molecule has 0 aromatic rings. The average Bonchev–Trinajstić information content (AvgIpc) is 1.26. The summed E-state index contributed by atoms with van der Waals surface area (Å²) >= 11 is 0. The number of unbranched alkanes of at least 4 members (excludes halogenated alkanes) is 43. The molecule has 0 aliphatic heterocycles. The maximum Gasteiger partial charge on any atom is 0.472 e. The number of aliphatic hydroxyl groups excluding tert-OH is 1. The number of rotatable bonds is 75. The second-order valence-electron chi connectivity index (χ2n) is 27.3. The first kappa shape index (κ1) is 93.5. The molecule has 6 atom stereocenters. The number of hydrogen-bond acceptors (Lipinski definition) is 15. The van der Waals surface area contributed by atoms with Crippen LogP contribution in [0, 0.1) is 5.92 Å². The summed E-state index contributed by atoms with van der Waals surface area (Å²) in [7, 11) is -9.92. The van der Waals surface area contributed by atoms with Crippen LogP contribution in [0.15, 0.2) is 24.3 Å². The summed E-state index contributed by atoms with van der Waals surface area (Å²) in [5, 5.41) is 10.6. The Hall–Kier alpha value is -2.46. The van der Waals surface area contributed by atoms with Crippen LogP contribution in [0.2, 0.25) is 0 Å². The number of hydrogen-bond donors (Lipinski definition) is 3. The quantitative estimate of drug-likeness (QED) is 0.0169. The third-order valence-electron chi connectivity index (χ3n) is 17.8. The summed E-state index contributed by atoms with van der Waals surface area (Å²) in [5.74, 6) is -1.35. The van der Waals surface area contributed by atoms with Crippen molar-refractivity contribution in [1.29, 1.82) is 0 Å². The van der Waals surface area contributed by atoms with Gasteiger partial charge in [0.2, 0.25) is 0 Å². The van der Waals surface area contributed by atoms with Crippen molar-refractivity contribution in [3.8, 4) is 0 Å². The minimum atomic E-state index is -4.96. The molecule has 0 spiro atoms. The molecule has 0 fully saturated rings. The highest BCUT2D eigenvalue weighted by Gasteiger charge is 2.30. The molecule has 0 bridgehead atoms. The van der Waals surface area contributed by atoms with E-state index in [4.69, 9.17) is 37.0 Å². The molecule has 0 rings (SSSR count). The summed E-state index contributed by atoms with van der Waals surface area (Å²) in [5.41, 5.74) is 0. The van der Waals surface area contributed by atoms with Gasteiger partial charge in [0.25, 0.3) is 0 Å². The number of phosphoric acid groups is 2. The molecule has 0 aromatic carbocycles. The fourth-order valence-electron chi connectivity index (χ4n) is 11.3. The first-order valence-electron chi connectivity index (χ1n) is 39.5. The van der Waals surface area contributed by atoms with Gasteiger partial charge < -0.3 is 33.8 Å². The smallest absolute Gasteiger partial charge is 0.462 e. The van der Waals surface area contributed by atoms with Crippen LogP contribution < -0.4 is 0 Å². The van der Waals surface area contributed by atoms with Gasteiger partial charge in [0, 0.05) is 25.7 Å². The van der Waals surface area contributed by atoms with Gasteiger partial charge in [-0.1, -0.05) is 329 Å². The molecule has 17 nitrogen and oxygen atoms in total. The Balaban J connectivity index is 5.22. The van der Waals surface area contributed by atoms with E-state index >= 15 is 0 Å². The highest BCUT2D eigenvalue weighted by molar-refractivity contribution is 7.47. The van der Waals surface area contributed by atoms with E-state index in [2.05, 4.69) is 58.9 Å². The number of allylic oxidation sites excluding steroid dienone is 4. The molecular weight excluding hydrogens is 1260 g/mol. The monoisotopic (exact) mass is 1410 g/mol. The molecule has 0 saturated heterocycles. The van der Waals surface area contributed by atoms with Crippen molar-refractivity contribution < 1.29 is 80.2 Å². The van der Waals surface area contributed by atoms with Crippen molar-refractivity contribution >= 4 is 39.5 Å². The van der Waals surface area contributed by atoms with Crippen LogP contribution >= 0.6 is 15.6 Å². The van der Waals surface area contributed by atoms with Gasteiger partial charge in [-0.05, 0) is 57.3 Å². The van der Waals surface area contributed by atoms with Gasteiger partial charge in [-0.3, -0.25) is 37.3 Å². The van der Waals surface area contributed by atoms with Crippen LogP contribution in [-0.2, 0) is 65.4 Å². The molecule has 0 aliphatic carbocycles. The van der Waals surface area contributed by atoms with E-state index in [1.165, 1.54) is 173 Å². The molecule has 3 N–H and O–H groups in total. The number of phosphoric ester groups is 2. The molecule has 0 amide bonds. The van der Waals surface area contributed by atoms with Crippen molar-refractivity contribution in [3.05, 3.63) is 24.3 Å². The van der Waals surface area contributed by atoms with E-state index in [0.29, 0.717) is 25.7 Å². The Morgan fingerprint density at radius 1 is 0.333 bits per heavy atom. The van der Waals surface area contributed by atoms with E-state index in [-0.39, 0.29) is 25.7 Å². The first-order valence-corrected chi connectivity index (χ1v) is 42.5. The minimum absolute atomic E-state index is 0.102. The van der Waals surface area contributed by atoms with Gasteiger partial charge in [0.1, 0.15) is 19.3 Å². The maximum absolute atomic E-state index is 13.1. The molecule has 0 saturated carbocycles. The SMILES string of the molecule is CCCCCC/C=C\C=C/CCCCCCCC(=O)OC[C@H](COP(=O)(O)OC[C@@H](O)COP(=O)(O)OC[C@@H](COC(=O)CCCCCCCCC)OC(=O)CCCCCCCCCCCCC(C)CC)OC(=O)CCCCCCCCCCCCCCCCCCCCCC. The second-order valence-corrected chi connectivity index (χ2v) is 30.2. The largest absolute Gasteiger partial charge is 0.472 e. The van der Waals surface area contributed by atoms with Gasteiger partial charge in [-0.25, -0.2) is 9.13 Å². The van der Waals surface area contributed by atoms with Crippen LogP contribution in [0.4, 0.5) is 0 Å². The third-order valence-corrected chi connectivity index (χ3v) is 19.7. The van der Waals surface area contributed by atoms with E-state index in [1.54, 1.807) is 0 Å². The van der Waals surface area contributed by atoms with Crippen molar-refractivity contribution in [2.45, 2.75) is 400 Å². The zero-order valence-electron chi connectivity index (χ0n) is 62.0. The zero-order chi connectivity index (χ0) is 70.5. The molecule has 3 unspecified atom stereocenters. The summed E-state index contributed by atoms with van der Waals surface area (Å²) < 4.78 is 68.4. The van der Waals surface area contributed by atoms with Crippen LogP contribution in [0.5, 0.6) is 0 Å². The third kappa shape index (κ3) is 68.7. The molecular formula is C77H146O17P2. The Morgan fingerprint density at radius 3 is 0.885 bits per heavy atom. The number of carbonyl (C=O) groups is 4. The summed E-state index contributed by atoms with van der Waals surface area (Å²) in [4.78, 5) is 72.7. The van der Waals surface area contributed by atoms with Gasteiger partial charge in [0.15, 0.2) is 12.2 Å². The lowest BCUT2D eigenvalue weighted by Gasteiger charge is -2.21. The van der Waals surface area contributed by atoms with Crippen LogP contribution in [-0.4, -0.2) is 96.7 Å². The molecule has 96 heavy (non-hydrogen) atoms. The summed E-state index contributed by atoms with van der Waals surface area (Å²) in [6.45, 7) is 7.21. The van der Waals surface area contributed by atoms with Crippen LogP contribution in [0.3, 0.4) is 0 Å². The Labute approximate surface area is 586 Å². The molecule has 0 radical (unpaired) electrons. The topological polar surface area (TPSA) is 237 Å². The lowest BCUT2D eigenvalue weighted by molar-refractivity contribution is -0.161. The average molecular weight is 1410 g/mol. The zero-order valence-corrected chi connectivity index (χ0v) is 63.8. The molecule has 19 heteroatoms. The van der Waals surface area contributed by atoms with Crippen LogP contribution in [0.25, 0.3) is 0 Å². The predicted octanol–water partition coefficient (Wildman–Crippen LogP) is 22.4. The van der Waals surface area contributed by atoms with E-state index in [0.717, 1.165) is 128 Å². The fraction of sp³-hybridized carbons (Fsp3) is 0.896. The number of carbonyl (C=O) groups excluding carboxylic acids is 4. The molecule has 0 heterocycles. The highest BCUT2D eigenvalue weighted by atomic mass is 31.2. The number of aliphatic hydroxyl groups is 1. The maximum atomic E-state index is 13.1. The molecule has 0 aromatic heterocycles. The summed E-state index contributed by atoms with van der Waals surface area (Å²) in [6.07, 6.45) is 62.0. The van der Waals surface area contributed by atoms with E-state index in [1.807, 2.05) is 0 Å². The van der Waals surface area contributed by atoms with E-state index < -0.39 is 97.5 Å². The fourth-order valence-corrected chi connectivity index (χ4v) is 12.9. The molecule has 0 aliphatic rings. The lowest BCUT2D eigenvalue weighted by atomic mass is 9.99. The van der Waals surface area contributed by atoms with Gasteiger partial charge >= 0.3 is 39.5 Å². The highest BCUT2D eigenvalue weighted by Crippen LogP contribution is 2.45. The normalized spacial score (nSPS) is 14.4.